The summed E-state index contributed by atoms with van der Waals surface area (Å²) in [6.45, 7) is 5.39. The van der Waals surface area contributed by atoms with E-state index in [1.54, 1.807) is 0 Å². The van der Waals surface area contributed by atoms with Gasteiger partial charge in [0.1, 0.15) is 0 Å². The normalized spacial score (nSPS) is 15.7. The van der Waals surface area contributed by atoms with Crippen LogP contribution in [0.15, 0.2) is 0 Å². The van der Waals surface area contributed by atoms with Gasteiger partial charge in [-0.3, -0.25) is 0 Å². The first-order valence-electron chi connectivity index (χ1n) is 7.68. The van der Waals surface area contributed by atoms with Gasteiger partial charge in [-0.05, 0) is 18.8 Å². The topological polar surface area (TPSA) is 79.6 Å². The van der Waals surface area contributed by atoms with Crippen molar-refractivity contribution in [2.24, 2.45) is 5.92 Å². The SMILES string of the molecule is CCCCC.Nc1nc(NCC2CCCCC2)n[nH]1. The summed E-state index contributed by atoms with van der Waals surface area (Å²) in [4.78, 5) is 4.00. The zero-order valence-corrected chi connectivity index (χ0v) is 12.4. The fourth-order valence-electron chi connectivity index (χ4n) is 2.33. The molecule has 5 nitrogen and oxygen atoms in total. The van der Waals surface area contributed by atoms with E-state index >= 15 is 0 Å². The lowest BCUT2D eigenvalue weighted by molar-refractivity contribution is 0.373. The van der Waals surface area contributed by atoms with Gasteiger partial charge in [0.15, 0.2) is 0 Å². The Morgan fingerprint density at radius 1 is 1.21 bits per heavy atom. The quantitative estimate of drug-likeness (QED) is 0.762. The molecular weight excluding hydrogens is 238 g/mol. The van der Waals surface area contributed by atoms with E-state index in [0.717, 1.165) is 12.5 Å². The minimum absolute atomic E-state index is 0.371. The Hall–Kier alpha value is -1.26. The first kappa shape index (κ1) is 15.8. The van der Waals surface area contributed by atoms with Crippen molar-refractivity contribution in [3.05, 3.63) is 0 Å². The number of H-pyrrole nitrogens is 1. The van der Waals surface area contributed by atoms with E-state index in [-0.39, 0.29) is 0 Å². The lowest BCUT2D eigenvalue weighted by Crippen LogP contribution is -2.17. The number of hydrogen-bond donors (Lipinski definition) is 3. The van der Waals surface area contributed by atoms with Crippen molar-refractivity contribution in [3.8, 4) is 0 Å². The third-order valence-electron chi connectivity index (χ3n) is 3.48. The predicted octanol–water partition coefficient (Wildman–Crippen LogP) is 3.58. The second-order valence-electron chi connectivity index (χ2n) is 5.28. The number of aromatic amines is 1. The number of nitrogens with two attached hydrogens (primary N) is 1. The highest BCUT2D eigenvalue weighted by Crippen LogP contribution is 2.23. The summed E-state index contributed by atoms with van der Waals surface area (Å²) < 4.78 is 0. The first-order chi connectivity index (χ1) is 9.26. The van der Waals surface area contributed by atoms with E-state index < -0.39 is 0 Å². The number of aromatic nitrogens is 3. The fourth-order valence-corrected chi connectivity index (χ4v) is 2.33. The molecule has 0 atom stereocenters. The minimum atomic E-state index is 0.371. The molecular formula is C14H29N5. The molecule has 4 N–H and O–H groups in total. The van der Waals surface area contributed by atoms with Crippen molar-refractivity contribution in [1.82, 2.24) is 15.2 Å². The molecule has 0 amide bonds. The molecule has 19 heavy (non-hydrogen) atoms. The molecule has 1 fully saturated rings. The van der Waals surface area contributed by atoms with Crippen LogP contribution < -0.4 is 11.1 Å². The lowest BCUT2D eigenvalue weighted by Gasteiger charge is -2.21. The standard InChI is InChI=1S/C9H17N5.C5H12/c10-8-12-9(14-13-8)11-6-7-4-2-1-3-5-7;1-3-5-4-2/h7H,1-6H2,(H4,10,11,12,13,14);3-5H2,1-2H3. The van der Waals surface area contributed by atoms with Crippen LogP contribution >= 0.6 is 0 Å². The smallest absolute Gasteiger partial charge is 0.243 e. The molecule has 0 aromatic carbocycles. The maximum absolute atomic E-state index is 5.42. The van der Waals surface area contributed by atoms with Crippen LogP contribution in [0.2, 0.25) is 0 Å². The third kappa shape index (κ3) is 7.03. The van der Waals surface area contributed by atoms with Gasteiger partial charge < -0.3 is 11.1 Å². The van der Waals surface area contributed by atoms with E-state index in [0.29, 0.717) is 11.9 Å². The average Bonchev–Trinajstić information content (AvgIpc) is 2.85. The molecule has 0 spiro atoms. The summed E-state index contributed by atoms with van der Waals surface area (Å²) >= 11 is 0. The van der Waals surface area contributed by atoms with Crippen LogP contribution in [0.4, 0.5) is 11.9 Å². The molecule has 5 heteroatoms. The largest absolute Gasteiger partial charge is 0.368 e. The Kier molecular flexibility index (Phi) is 8.02. The van der Waals surface area contributed by atoms with Gasteiger partial charge in [-0.15, -0.1) is 5.10 Å². The van der Waals surface area contributed by atoms with E-state index in [1.165, 1.54) is 51.4 Å². The van der Waals surface area contributed by atoms with Crippen LogP contribution in [0.3, 0.4) is 0 Å². The second kappa shape index (κ2) is 9.64. The Morgan fingerprint density at radius 2 is 1.89 bits per heavy atom. The summed E-state index contributed by atoms with van der Waals surface area (Å²) in [6.07, 6.45) is 10.8. The summed E-state index contributed by atoms with van der Waals surface area (Å²) in [6, 6.07) is 0. The maximum atomic E-state index is 5.42. The van der Waals surface area contributed by atoms with Gasteiger partial charge in [0.25, 0.3) is 0 Å². The van der Waals surface area contributed by atoms with E-state index in [2.05, 4.69) is 34.3 Å². The molecule has 2 rings (SSSR count). The van der Waals surface area contributed by atoms with E-state index in [4.69, 9.17) is 5.73 Å². The van der Waals surface area contributed by atoms with Crippen LogP contribution in [-0.2, 0) is 0 Å². The number of nitrogens with zero attached hydrogens (tertiary/aromatic N) is 2. The Balaban J connectivity index is 0.000000312. The Morgan fingerprint density at radius 3 is 2.37 bits per heavy atom. The molecule has 1 aromatic heterocycles. The summed E-state index contributed by atoms with van der Waals surface area (Å²) in [5, 5.41) is 9.74. The van der Waals surface area contributed by atoms with Crippen molar-refractivity contribution < 1.29 is 0 Å². The average molecular weight is 267 g/mol. The highest BCUT2D eigenvalue weighted by molar-refractivity contribution is 5.29. The van der Waals surface area contributed by atoms with Crippen molar-refractivity contribution in [2.75, 3.05) is 17.6 Å². The van der Waals surface area contributed by atoms with Crippen LogP contribution in [0.5, 0.6) is 0 Å². The Labute approximate surface area is 116 Å². The van der Waals surface area contributed by atoms with Crippen molar-refractivity contribution in [1.29, 1.82) is 0 Å². The number of rotatable bonds is 5. The molecule has 110 valence electrons. The molecule has 1 aliphatic rings. The molecule has 1 aromatic rings. The highest BCUT2D eigenvalue weighted by atomic mass is 15.3. The van der Waals surface area contributed by atoms with Gasteiger partial charge in [0.2, 0.25) is 11.9 Å². The third-order valence-corrected chi connectivity index (χ3v) is 3.48. The van der Waals surface area contributed by atoms with Gasteiger partial charge in [-0.2, -0.15) is 4.98 Å². The summed E-state index contributed by atoms with van der Waals surface area (Å²) in [5.41, 5.74) is 5.42. The molecule has 0 unspecified atom stereocenters. The zero-order valence-electron chi connectivity index (χ0n) is 12.4. The number of nitrogens with one attached hydrogen (secondary N) is 2. The van der Waals surface area contributed by atoms with Gasteiger partial charge in [0.05, 0.1) is 0 Å². The number of nitrogen functional groups attached to an aromatic ring is 1. The van der Waals surface area contributed by atoms with E-state index in [1.807, 2.05) is 0 Å². The predicted molar refractivity (Wildman–Crippen MR) is 81.1 cm³/mol. The van der Waals surface area contributed by atoms with Crippen molar-refractivity contribution in [3.63, 3.8) is 0 Å². The summed E-state index contributed by atoms with van der Waals surface area (Å²) in [5.74, 6) is 1.77. The van der Waals surface area contributed by atoms with Crippen molar-refractivity contribution in [2.45, 2.75) is 65.2 Å². The summed E-state index contributed by atoms with van der Waals surface area (Å²) in [7, 11) is 0. The fraction of sp³-hybridized carbons (Fsp3) is 0.857. The lowest BCUT2D eigenvalue weighted by atomic mass is 9.89. The van der Waals surface area contributed by atoms with E-state index in [9.17, 15) is 0 Å². The van der Waals surface area contributed by atoms with Crippen LogP contribution in [0, 0.1) is 5.92 Å². The van der Waals surface area contributed by atoms with Gasteiger partial charge >= 0.3 is 0 Å². The van der Waals surface area contributed by atoms with Gasteiger partial charge in [-0.25, -0.2) is 5.10 Å². The molecule has 0 saturated heterocycles. The number of unbranched alkanes of at least 4 members (excludes halogenated alkanes) is 2. The highest BCUT2D eigenvalue weighted by Gasteiger charge is 2.13. The first-order valence-corrected chi connectivity index (χ1v) is 7.68. The molecule has 1 aliphatic carbocycles. The molecule has 1 heterocycles. The molecule has 0 bridgehead atoms. The van der Waals surface area contributed by atoms with Gasteiger partial charge in [0, 0.05) is 6.54 Å². The molecule has 1 saturated carbocycles. The number of hydrogen-bond acceptors (Lipinski definition) is 4. The van der Waals surface area contributed by atoms with Crippen LogP contribution in [0.25, 0.3) is 0 Å². The minimum Gasteiger partial charge on any atom is -0.368 e. The second-order valence-corrected chi connectivity index (χ2v) is 5.28. The zero-order chi connectivity index (χ0) is 13.9. The number of anilines is 2. The monoisotopic (exact) mass is 267 g/mol. The van der Waals surface area contributed by atoms with Crippen LogP contribution in [-0.4, -0.2) is 21.7 Å². The van der Waals surface area contributed by atoms with Gasteiger partial charge in [-0.1, -0.05) is 52.4 Å². The Bertz CT molecular complexity index is 315. The molecule has 0 aliphatic heterocycles. The maximum Gasteiger partial charge on any atom is 0.243 e. The molecule has 0 radical (unpaired) electrons. The van der Waals surface area contributed by atoms with Crippen molar-refractivity contribution >= 4 is 11.9 Å². The van der Waals surface area contributed by atoms with Crippen LogP contribution in [0.1, 0.15) is 65.2 Å².